The molecule has 1 unspecified atom stereocenters. The molecule has 0 aliphatic carbocycles. The smallest absolute Gasteiger partial charge is 0.251 e. The molecule has 0 spiro atoms. The minimum Gasteiger partial charge on any atom is -0.342 e. The van der Waals surface area contributed by atoms with Crippen molar-refractivity contribution in [2.45, 2.75) is 19.9 Å². The molecule has 2 aromatic rings. The molecule has 0 aliphatic heterocycles. The lowest BCUT2D eigenvalue weighted by Crippen LogP contribution is -2.27. The molecule has 0 aliphatic rings. The minimum atomic E-state index is -0.351. The Balaban J connectivity index is 2.00. The van der Waals surface area contributed by atoms with E-state index in [4.69, 9.17) is 0 Å². The van der Waals surface area contributed by atoms with Crippen LogP contribution in [0, 0.1) is 0 Å². The number of carbonyl (C=O) groups excluding carboxylic acids is 2. The first-order valence-corrected chi connectivity index (χ1v) is 5.98. The number of nitrogens with one attached hydrogen (secondary N) is 3. The third-order valence-corrected chi connectivity index (χ3v) is 2.56. The van der Waals surface area contributed by atoms with Gasteiger partial charge in [0.25, 0.3) is 5.91 Å². The topological polar surface area (TPSA) is 113 Å². The molecule has 1 atom stereocenters. The maximum absolute atomic E-state index is 12.0. The third-order valence-electron chi connectivity index (χ3n) is 2.56. The standard InChI is InChI=1S/C12H14N6O2/c1-7(11-15-17-18-16-11)13-12(20)9-3-5-10(6-4-9)14-8(2)19/h3-7H,1-2H3,(H,13,20)(H,14,19)(H,15,16,17,18). The summed E-state index contributed by atoms with van der Waals surface area (Å²) in [6.07, 6.45) is 0. The Labute approximate surface area is 115 Å². The number of anilines is 1. The van der Waals surface area contributed by atoms with Crippen LogP contribution in [-0.4, -0.2) is 32.4 Å². The zero-order valence-electron chi connectivity index (χ0n) is 11.0. The first-order valence-electron chi connectivity index (χ1n) is 5.98. The molecule has 0 saturated carbocycles. The van der Waals surface area contributed by atoms with Crippen LogP contribution in [0.1, 0.15) is 36.1 Å². The molecule has 0 saturated heterocycles. The van der Waals surface area contributed by atoms with Crippen molar-refractivity contribution in [2.24, 2.45) is 0 Å². The number of H-pyrrole nitrogens is 1. The Hall–Kier alpha value is -2.77. The van der Waals surface area contributed by atoms with Crippen molar-refractivity contribution >= 4 is 17.5 Å². The average molecular weight is 274 g/mol. The third kappa shape index (κ3) is 3.37. The molecule has 1 heterocycles. The van der Waals surface area contributed by atoms with Crippen molar-refractivity contribution in [1.82, 2.24) is 25.9 Å². The summed E-state index contributed by atoms with van der Waals surface area (Å²) in [5, 5.41) is 18.7. The second-order valence-electron chi connectivity index (χ2n) is 4.22. The molecule has 3 N–H and O–H groups in total. The largest absolute Gasteiger partial charge is 0.342 e. The van der Waals surface area contributed by atoms with Crippen LogP contribution in [0.3, 0.4) is 0 Å². The molecule has 8 nitrogen and oxygen atoms in total. The van der Waals surface area contributed by atoms with Gasteiger partial charge in [-0.2, -0.15) is 5.21 Å². The summed E-state index contributed by atoms with van der Waals surface area (Å²) in [5.41, 5.74) is 1.12. The van der Waals surface area contributed by atoms with Crippen molar-refractivity contribution < 1.29 is 9.59 Å². The molecule has 0 fully saturated rings. The maximum Gasteiger partial charge on any atom is 0.251 e. The van der Waals surface area contributed by atoms with Crippen LogP contribution in [0.4, 0.5) is 5.69 Å². The van der Waals surface area contributed by atoms with E-state index >= 15 is 0 Å². The molecule has 0 radical (unpaired) electrons. The number of aromatic amines is 1. The number of tetrazole rings is 1. The van der Waals surface area contributed by atoms with Crippen LogP contribution < -0.4 is 10.6 Å². The Morgan fingerprint density at radius 2 is 1.95 bits per heavy atom. The highest BCUT2D eigenvalue weighted by molar-refractivity contribution is 5.95. The van der Waals surface area contributed by atoms with Gasteiger partial charge in [-0.3, -0.25) is 9.59 Å². The highest BCUT2D eigenvalue weighted by atomic mass is 16.2. The van der Waals surface area contributed by atoms with Gasteiger partial charge in [0, 0.05) is 18.2 Å². The number of nitrogens with zero attached hydrogens (tertiary/aromatic N) is 3. The lowest BCUT2D eigenvalue weighted by Gasteiger charge is -2.10. The van der Waals surface area contributed by atoms with Crippen LogP contribution in [-0.2, 0) is 4.79 Å². The van der Waals surface area contributed by atoms with Gasteiger partial charge in [0.2, 0.25) is 5.91 Å². The normalized spacial score (nSPS) is 11.7. The molecular formula is C12H14N6O2. The predicted molar refractivity (Wildman–Crippen MR) is 70.8 cm³/mol. The average Bonchev–Trinajstić information content (AvgIpc) is 2.92. The molecule has 1 aromatic heterocycles. The van der Waals surface area contributed by atoms with E-state index in [1.165, 1.54) is 6.92 Å². The molecule has 2 rings (SSSR count). The van der Waals surface area contributed by atoms with Crippen LogP contribution >= 0.6 is 0 Å². The van der Waals surface area contributed by atoms with Gasteiger partial charge in [0.05, 0.1) is 6.04 Å². The van der Waals surface area contributed by atoms with Gasteiger partial charge in [-0.1, -0.05) is 5.21 Å². The van der Waals surface area contributed by atoms with E-state index in [1.54, 1.807) is 31.2 Å². The summed E-state index contributed by atoms with van der Waals surface area (Å²) in [6, 6.07) is 6.23. The van der Waals surface area contributed by atoms with E-state index in [1.807, 2.05) is 0 Å². The Bertz CT molecular complexity index is 593. The first-order chi connectivity index (χ1) is 9.56. The molecule has 104 valence electrons. The fraction of sp³-hybridized carbons (Fsp3) is 0.250. The molecule has 8 heteroatoms. The van der Waals surface area contributed by atoms with Gasteiger partial charge >= 0.3 is 0 Å². The SMILES string of the molecule is CC(=O)Nc1ccc(C(=O)NC(C)c2nn[nH]n2)cc1. The van der Waals surface area contributed by atoms with Gasteiger partial charge in [-0.15, -0.1) is 10.2 Å². The summed E-state index contributed by atoms with van der Waals surface area (Å²) in [6.45, 7) is 3.18. The quantitative estimate of drug-likeness (QED) is 0.757. The number of benzene rings is 1. The van der Waals surface area contributed by atoms with E-state index < -0.39 is 0 Å². The van der Waals surface area contributed by atoms with Gasteiger partial charge < -0.3 is 10.6 Å². The van der Waals surface area contributed by atoms with Crippen LogP contribution in [0.2, 0.25) is 0 Å². The molecule has 1 aromatic carbocycles. The fourth-order valence-corrected chi connectivity index (χ4v) is 1.61. The van der Waals surface area contributed by atoms with Crippen molar-refractivity contribution in [3.05, 3.63) is 35.7 Å². The van der Waals surface area contributed by atoms with Crippen molar-refractivity contribution in [3.8, 4) is 0 Å². The highest BCUT2D eigenvalue weighted by Crippen LogP contribution is 2.11. The molecule has 20 heavy (non-hydrogen) atoms. The number of aromatic nitrogens is 4. The van der Waals surface area contributed by atoms with E-state index in [0.29, 0.717) is 17.1 Å². The number of amides is 2. The van der Waals surface area contributed by atoms with E-state index in [0.717, 1.165) is 0 Å². The lowest BCUT2D eigenvalue weighted by atomic mass is 10.2. The zero-order valence-corrected chi connectivity index (χ0v) is 11.0. The second kappa shape index (κ2) is 5.91. The highest BCUT2D eigenvalue weighted by Gasteiger charge is 2.14. The minimum absolute atomic E-state index is 0.159. The molecular weight excluding hydrogens is 260 g/mol. The molecule has 0 bridgehead atoms. The van der Waals surface area contributed by atoms with Gasteiger partial charge in [0.1, 0.15) is 0 Å². The molecule has 2 amide bonds. The van der Waals surface area contributed by atoms with Gasteiger partial charge in [-0.05, 0) is 31.2 Å². The van der Waals surface area contributed by atoms with Crippen molar-refractivity contribution in [1.29, 1.82) is 0 Å². The summed E-state index contributed by atoms with van der Waals surface area (Å²) in [7, 11) is 0. The monoisotopic (exact) mass is 274 g/mol. The maximum atomic E-state index is 12.0. The fourth-order valence-electron chi connectivity index (χ4n) is 1.61. The van der Waals surface area contributed by atoms with Gasteiger partial charge in [0.15, 0.2) is 5.82 Å². The summed E-state index contributed by atoms with van der Waals surface area (Å²) >= 11 is 0. The van der Waals surface area contributed by atoms with Gasteiger partial charge in [-0.25, -0.2) is 0 Å². The van der Waals surface area contributed by atoms with Crippen molar-refractivity contribution in [3.63, 3.8) is 0 Å². The predicted octanol–water partition coefficient (Wildman–Crippen LogP) is 0.649. The Morgan fingerprint density at radius 1 is 1.25 bits per heavy atom. The number of hydrogen-bond acceptors (Lipinski definition) is 5. The van der Waals surface area contributed by atoms with E-state index in [2.05, 4.69) is 31.3 Å². The van der Waals surface area contributed by atoms with Crippen molar-refractivity contribution in [2.75, 3.05) is 5.32 Å². The van der Waals surface area contributed by atoms with Crippen LogP contribution in [0.15, 0.2) is 24.3 Å². The number of carbonyl (C=O) groups is 2. The van der Waals surface area contributed by atoms with E-state index in [-0.39, 0.29) is 17.9 Å². The number of hydrogen-bond donors (Lipinski definition) is 3. The summed E-state index contributed by atoms with van der Waals surface area (Å²) < 4.78 is 0. The van der Waals surface area contributed by atoms with E-state index in [9.17, 15) is 9.59 Å². The van der Waals surface area contributed by atoms with Crippen LogP contribution in [0.25, 0.3) is 0 Å². The Morgan fingerprint density at radius 3 is 2.50 bits per heavy atom. The van der Waals surface area contributed by atoms with Crippen LogP contribution in [0.5, 0.6) is 0 Å². The first kappa shape index (κ1) is 13.7. The zero-order chi connectivity index (χ0) is 14.5. The summed E-state index contributed by atoms with van der Waals surface area (Å²) in [4.78, 5) is 22.9. The second-order valence-corrected chi connectivity index (χ2v) is 4.22. The lowest BCUT2D eigenvalue weighted by molar-refractivity contribution is -0.114. The Kier molecular flexibility index (Phi) is 4.04. The summed E-state index contributed by atoms with van der Waals surface area (Å²) in [5.74, 6) is -0.00202. The number of rotatable bonds is 4.